The SMILES string of the molecule is NC(=O)NCc1ccc(C(=O)NCC(c2ccco2)N2CCCCC2)cc1. The Morgan fingerprint density at radius 1 is 1.07 bits per heavy atom. The standard InChI is InChI=1S/C20H26N4O3/c21-20(26)23-13-15-6-8-16(9-7-15)19(25)22-14-17(18-5-4-12-27-18)24-10-2-1-3-11-24/h4-9,12,17H,1-3,10-11,13-14H2,(H,22,25)(H3,21,23,26). The molecule has 1 saturated heterocycles. The summed E-state index contributed by atoms with van der Waals surface area (Å²) in [5, 5.41) is 5.55. The molecule has 3 amide bonds. The molecule has 2 heterocycles. The normalized spacial score (nSPS) is 15.9. The number of benzene rings is 1. The third kappa shape index (κ3) is 5.34. The molecular formula is C20H26N4O3. The lowest BCUT2D eigenvalue weighted by Crippen LogP contribution is -2.40. The Morgan fingerprint density at radius 2 is 1.81 bits per heavy atom. The highest BCUT2D eigenvalue weighted by Gasteiger charge is 2.25. The number of hydrogen-bond acceptors (Lipinski definition) is 4. The summed E-state index contributed by atoms with van der Waals surface area (Å²) in [5.74, 6) is 0.753. The second-order valence-corrected chi connectivity index (χ2v) is 6.75. The van der Waals surface area contributed by atoms with Crippen molar-refractivity contribution in [1.82, 2.24) is 15.5 Å². The predicted molar refractivity (Wildman–Crippen MR) is 102 cm³/mol. The first-order valence-electron chi connectivity index (χ1n) is 9.31. The molecule has 0 spiro atoms. The fourth-order valence-corrected chi connectivity index (χ4v) is 3.38. The van der Waals surface area contributed by atoms with Gasteiger partial charge in [0.2, 0.25) is 0 Å². The van der Waals surface area contributed by atoms with E-state index in [9.17, 15) is 9.59 Å². The first kappa shape index (κ1) is 19.0. The molecule has 3 rings (SSSR count). The number of rotatable bonds is 7. The van der Waals surface area contributed by atoms with Crippen molar-refractivity contribution in [1.29, 1.82) is 0 Å². The van der Waals surface area contributed by atoms with Crippen molar-refractivity contribution in [2.75, 3.05) is 19.6 Å². The van der Waals surface area contributed by atoms with Gasteiger partial charge in [0.1, 0.15) is 5.76 Å². The van der Waals surface area contributed by atoms with Crippen LogP contribution in [0.1, 0.15) is 47.0 Å². The van der Waals surface area contributed by atoms with E-state index in [1.165, 1.54) is 19.3 Å². The number of nitrogens with one attached hydrogen (secondary N) is 2. The van der Waals surface area contributed by atoms with Crippen LogP contribution >= 0.6 is 0 Å². The minimum Gasteiger partial charge on any atom is -0.468 e. The monoisotopic (exact) mass is 370 g/mol. The van der Waals surface area contributed by atoms with Crippen LogP contribution in [0.25, 0.3) is 0 Å². The fraction of sp³-hybridized carbons (Fsp3) is 0.400. The van der Waals surface area contributed by atoms with Crippen LogP contribution in [0.2, 0.25) is 0 Å². The molecule has 1 aromatic carbocycles. The zero-order valence-electron chi connectivity index (χ0n) is 15.3. The summed E-state index contributed by atoms with van der Waals surface area (Å²) in [6, 6.07) is 10.4. The predicted octanol–water partition coefficient (Wildman–Crippen LogP) is 2.40. The van der Waals surface area contributed by atoms with Gasteiger partial charge in [-0.15, -0.1) is 0 Å². The Labute approximate surface area is 158 Å². The molecule has 27 heavy (non-hydrogen) atoms. The Morgan fingerprint density at radius 3 is 2.44 bits per heavy atom. The maximum Gasteiger partial charge on any atom is 0.312 e. The van der Waals surface area contributed by atoms with Gasteiger partial charge in [-0.1, -0.05) is 18.6 Å². The summed E-state index contributed by atoms with van der Waals surface area (Å²) in [6.07, 6.45) is 5.27. The van der Waals surface area contributed by atoms with E-state index in [2.05, 4.69) is 15.5 Å². The van der Waals surface area contributed by atoms with E-state index in [0.29, 0.717) is 18.7 Å². The van der Waals surface area contributed by atoms with E-state index < -0.39 is 6.03 Å². The lowest BCUT2D eigenvalue weighted by Gasteiger charge is -2.33. The summed E-state index contributed by atoms with van der Waals surface area (Å²) < 4.78 is 5.61. The second kappa shape index (κ2) is 9.23. The number of furan rings is 1. The molecule has 1 fully saturated rings. The highest BCUT2D eigenvalue weighted by atomic mass is 16.3. The van der Waals surface area contributed by atoms with E-state index >= 15 is 0 Å². The minimum absolute atomic E-state index is 0.0447. The highest BCUT2D eigenvalue weighted by Crippen LogP contribution is 2.24. The zero-order valence-corrected chi connectivity index (χ0v) is 15.3. The number of nitrogens with zero attached hydrogens (tertiary/aromatic N) is 1. The number of urea groups is 1. The number of amides is 3. The van der Waals surface area contributed by atoms with Gasteiger partial charge in [-0.25, -0.2) is 4.79 Å². The molecule has 2 aromatic rings. The number of primary amides is 1. The summed E-state index contributed by atoms with van der Waals surface area (Å²) in [6.45, 7) is 2.87. The van der Waals surface area contributed by atoms with Gasteiger partial charge in [0.15, 0.2) is 0 Å². The molecule has 0 bridgehead atoms. The molecule has 1 aromatic heterocycles. The van der Waals surface area contributed by atoms with Gasteiger partial charge in [0.25, 0.3) is 5.91 Å². The first-order chi connectivity index (χ1) is 13.1. The maximum atomic E-state index is 12.5. The van der Waals surface area contributed by atoms with Gasteiger partial charge in [-0.05, 0) is 55.8 Å². The number of likely N-dealkylation sites (tertiary alicyclic amines) is 1. The topological polar surface area (TPSA) is 101 Å². The van der Waals surface area contributed by atoms with Gasteiger partial charge in [-0.2, -0.15) is 0 Å². The number of nitrogens with two attached hydrogens (primary N) is 1. The largest absolute Gasteiger partial charge is 0.468 e. The minimum atomic E-state index is -0.571. The van der Waals surface area contributed by atoms with E-state index in [-0.39, 0.29) is 11.9 Å². The smallest absolute Gasteiger partial charge is 0.312 e. The molecule has 1 atom stereocenters. The van der Waals surface area contributed by atoms with Crippen molar-refractivity contribution >= 4 is 11.9 Å². The van der Waals surface area contributed by atoms with Crippen LogP contribution in [0.4, 0.5) is 4.79 Å². The highest BCUT2D eigenvalue weighted by molar-refractivity contribution is 5.94. The third-order valence-electron chi connectivity index (χ3n) is 4.84. The third-order valence-corrected chi connectivity index (χ3v) is 4.84. The van der Waals surface area contributed by atoms with Crippen LogP contribution in [0.3, 0.4) is 0 Å². The van der Waals surface area contributed by atoms with Gasteiger partial charge in [0, 0.05) is 18.7 Å². The molecule has 144 valence electrons. The molecule has 0 radical (unpaired) electrons. The van der Waals surface area contributed by atoms with Crippen LogP contribution in [0, 0.1) is 0 Å². The fourth-order valence-electron chi connectivity index (χ4n) is 3.38. The summed E-state index contributed by atoms with van der Waals surface area (Å²) in [7, 11) is 0. The Hall–Kier alpha value is -2.80. The van der Waals surface area contributed by atoms with E-state index in [4.69, 9.17) is 10.2 Å². The average molecular weight is 370 g/mol. The van der Waals surface area contributed by atoms with Crippen molar-refractivity contribution in [3.8, 4) is 0 Å². The van der Waals surface area contributed by atoms with Crippen molar-refractivity contribution < 1.29 is 14.0 Å². The summed E-state index contributed by atoms with van der Waals surface area (Å²) in [5.41, 5.74) is 6.52. The Bertz CT molecular complexity index is 737. The zero-order chi connectivity index (χ0) is 19.1. The van der Waals surface area contributed by atoms with Gasteiger partial charge >= 0.3 is 6.03 Å². The Balaban J connectivity index is 1.59. The van der Waals surface area contributed by atoms with Crippen molar-refractivity contribution in [3.05, 3.63) is 59.5 Å². The van der Waals surface area contributed by atoms with Gasteiger partial charge in [-0.3, -0.25) is 9.69 Å². The quantitative estimate of drug-likeness (QED) is 0.697. The van der Waals surface area contributed by atoms with Crippen LogP contribution in [0.5, 0.6) is 0 Å². The van der Waals surface area contributed by atoms with Crippen LogP contribution in [0.15, 0.2) is 47.1 Å². The number of hydrogen-bond donors (Lipinski definition) is 3. The molecule has 7 heteroatoms. The molecule has 7 nitrogen and oxygen atoms in total. The molecule has 1 unspecified atom stereocenters. The average Bonchev–Trinajstić information content (AvgIpc) is 3.22. The van der Waals surface area contributed by atoms with Crippen LogP contribution in [-0.4, -0.2) is 36.5 Å². The van der Waals surface area contributed by atoms with Crippen LogP contribution < -0.4 is 16.4 Å². The molecule has 0 aliphatic carbocycles. The number of carbonyl (C=O) groups excluding carboxylic acids is 2. The molecule has 1 aliphatic heterocycles. The van der Waals surface area contributed by atoms with E-state index in [1.54, 1.807) is 30.5 Å². The van der Waals surface area contributed by atoms with E-state index in [0.717, 1.165) is 24.4 Å². The Kier molecular flexibility index (Phi) is 6.49. The molecule has 1 aliphatic rings. The van der Waals surface area contributed by atoms with Crippen molar-refractivity contribution in [2.45, 2.75) is 31.8 Å². The lowest BCUT2D eigenvalue weighted by molar-refractivity contribution is 0.0914. The maximum absolute atomic E-state index is 12.5. The van der Waals surface area contributed by atoms with Gasteiger partial charge < -0.3 is 20.8 Å². The summed E-state index contributed by atoms with van der Waals surface area (Å²) >= 11 is 0. The van der Waals surface area contributed by atoms with Gasteiger partial charge in [0.05, 0.1) is 12.3 Å². The van der Waals surface area contributed by atoms with Crippen LogP contribution in [-0.2, 0) is 6.54 Å². The molecular weight excluding hydrogens is 344 g/mol. The number of carbonyl (C=O) groups is 2. The number of piperidine rings is 1. The molecule has 4 N–H and O–H groups in total. The lowest BCUT2D eigenvalue weighted by atomic mass is 10.1. The molecule has 0 saturated carbocycles. The second-order valence-electron chi connectivity index (χ2n) is 6.75. The summed E-state index contributed by atoms with van der Waals surface area (Å²) in [4.78, 5) is 25.7. The van der Waals surface area contributed by atoms with Crippen molar-refractivity contribution in [3.63, 3.8) is 0 Å². The van der Waals surface area contributed by atoms with Crippen molar-refractivity contribution in [2.24, 2.45) is 5.73 Å². The van der Waals surface area contributed by atoms with E-state index in [1.807, 2.05) is 12.1 Å². The first-order valence-corrected chi connectivity index (χ1v) is 9.31.